The van der Waals surface area contributed by atoms with Crippen molar-refractivity contribution in [3.05, 3.63) is 64.7 Å². The Morgan fingerprint density at radius 1 is 1.17 bits per heavy atom. The van der Waals surface area contributed by atoms with Crippen LogP contribution in [0.4, 0.5) is 10.5 Å². The van der Waals surface area contributed by atoms with Gasteiger partial charge in [-0.15, -0.1) is 0 Å². The Kier molecular flexibility index (Phi) is 4.78. The van der Waals surface area contributed by atoms with Crippen LogP contribution in [0.25, 0.3) is 0 Å². The molecule has 150 valence electrons. The molecule has 2 unspecified atom stereocenters. The predicted molar refractivity (Wildman–Crippen MR) is 116 cm³/mol. The van der Waals surface area contributed by atoms with Crippen LogP contribution in [0, 0.1) is 0 Å². The lowest BCUT2D eigenvalue weighted by Gasteiger charge is -2.41. The van der Waals surface area contributed by atoms with Gasteiger partial charge in [-0.2, -0.15) is 0 Å². The van der Waals surface area contributed by atoms with Crippen LogP contribution in [0.1, 0.15) is 17.2 Å². The molecule has 7 heteroatoms. The smallest absolute Gasteiger partial charge is 0.314 e. The van der Waals surface area contributed by atoms with Gasteiger partial charge >= 0.3 is 6.03 Å². The quantitative estimate of drug-likeness (QED) is 0.847. The molecule has 0 spiro atoms. The molecule has 1 saturated heterocycles. The van der Waals surface area contributed by atoms with E-state index in [1.54, 1.807) is 4.90 Å². The number of aliphatic imine (C=N–C) groups is 1. The van der Waals surface area contributed by atoms with Crippen LogP contribution in [0.2, 0.25) is 5.02 Å². The number of carbonyl (C=O) groups excluding carboxylic acids is 1. The van der Waals surface area contributed by atoms with Gasteiger partial charge in [0, 0.05) is 49.9 Å². The summed E-state index contributed by atoms with van der Waals surface area (Å²) in [7, 11) is 1.84. The van der Waals surface area contributed by atoms with Crippen molar-refractivity contribution in [3.63, 3.8) is 0 Å². The third-order valence-electron chi connectivity index (χ3n) is 6.11. The van der Waals surface area contributed by atoms with Gasteiger partial charge in [-0.25, -0.2) is 4.79 Å². The lowest BCUT2D eigenvalue weighted by molar-refractivity contribution is 0.132. The summed E-state index contributed by atoms with van der Waals surface area (Å²) in [4.78, 5) is 24.0. The standard InChI is InChI=1S/C22H24ClN5O/c1-26-19-9-5-3-7-17(19)21-25-12-15(28(21)22(26)29)14-27-11-10-24-13-20(27)16-6-2-4-8-18(16)23/h2-9,15,20,24H,10-14H2,1H3. The number of anilines is 1. The van der Waals surface area contributed by atoms with E-state index in [1.165, 1.54) is 0 Å². The van der Waals surface area contributed by atoms with Crippen LogP contribution in [0.5, 0.6) is 0 Å². The highest BCUT2D eigenvalue weighted by atomic mass is 35.5. The molecule has 2 aromatic rings. The van der Waals surface area contributed by atoms with E-state index in [2.05, 4.69) is 16.3 Å². The summed E-state index contributed by atoms with van der Waals surface area (Å²) in [5.41, 5.74) is 3.08. The van der Waals surface area contributed by atoms with Crippen molar-refractivity contribution < 1.29 is 4.79 Å². The minimum absolute atomic E-state index is 0.00521. The number of halogens is 1. The Hall–Kier alpha value is -2.41. The van der Waals surface area contributed by atoms with E-state index in [-0.39, 0.29) is 18.1 Å². The zero-order valence-corrected chi connectivity index (χ0v) is 17.1. The van der Waals surface area contributed by atoms with Crippen molar-refractivity contribution in [2.24, 2.45) is 4.99 Å². The van der Waals surface area contributed by atoms with Crippen molar-refractivity contribution in [1.29, 1.82) is 0 Å². The molecule has 3 heterocycles. The van der Waals surface area contributed by atoms with Gasteiger partial charge in [0.25, 0.3) is 0 Å². The minimum Gasteiger partial charge on any atom is -0.314 e. The third-order valence-corrected chi connectivity index (χ3v) is 6.45. The van der Waals surface area contributed by atoms with Gasteiger partial charge in [-0.05, 0) is 23.8 Å². The largest absolute Gasteiger partial charge is 0.330 e. The molecule has 1 fully saturated rings. The number of nitrogens with one attached hydrogen (secondary N) is 1. The molecule has 2 aromatic carbocycles. The van der Waals surface area contributed by atoms with E-state index in [1.807, 2.05) is 54.4 Å². The van der Waals surface area contributed by atoms with Crippen molar-refractivity contribution >= 4 is 29.2 Å². The summed E-state index contributed by atoms with van der Waals surface area (Å²) in [6.07, 6.45) is 0. The molecule has 29 heavy (non-hydrogen) atoms. The summed E-state index contributed by atoms with van der Waals surface area (Å²) >= 11 is 6.50. The normalized spacial score (nSPS) is 24.3. The van der Waals surface area contributed by atoms with Crippen LogP contribution < -0.4 is 10.2 Å². The van der Waals surface area contributed by atoms with Gasteiger partial charge in [0.1, 0.15) is 5.84 Å². The highest BCUT2D eigenvalue weighted by Gasteiger charge is 2.42. The molecular formula is C22H24ClN5O. The molecule has 2 amide bonds. The highest BCUT2D eigenvalue weighted by molar-refractivity contribution is 6.31. The van der Waals surface area contributed by atoms with Gasteiger partial charge in [0.05, 0.1) is 18.3 Å². The number of nitrogens with zero attached hydrogens (tertiary/aromatic N) is 4. The van der Waals surface area contributed by atoms with E-state index in [0.29, 0.717) is 6.54 Å². The van der Waals surface area contributed by atoms with Gasteiger partial charge in [0.2, 0.25) is 0 Å². The average Bonchev–Trinajstić information content (AvgIpc) is 3.17. The van der Waals surface area contributed by atoms with Crippen LogP contribution in [-0.4, -0.2) is 67.5 Å². The zero-order chi connectivity index (χ0) is 20.0. The Morgan fingerprint density at radius 3 is 2.83 bits per heavy atom. The fraction of sp³-hybridized carbons (Fsp3) is 0.364. The predicted octanol–water partition coefficient (Wildman–Crippen LogP) is 2.99. The van der Waals surface area contributed by atoms with Crippen molar-refractivity contribution in [2.45, 2.75) is 12.1 Å². The second-order valence-corrected chi connectivity index (χ2v) is 8.19. The Bertz CT molecular complexity index is 977. The summed E-state index contributed by atoms with van der Waals surface area (Å²) < 4.78 is 0. The molecule has 0 radical (unpaired) electrons. The Balaban J connectivity index is 1.42. The van der Waals surface area contributed by atoms with E-state index < -0.39 is 0 Å². The second-order valence-electron chi connectivity index (χ2n) is 7.78. The molecule has 3 aliphatic heterocycles. The molecule has 0 aliphatic carbocycles. The number of fused-ring (bicyclic) bond motifs is 3. The molecule has 6 nitrogen and oxygen atoms in total. The number of amides is 2. The number of rotatable bonds is 3. The van der Waals surface area contributed by atoms with E-state index in [9.17, 15) is 4.79 Å². The maximum atomic E-state index is 13.1. The second kappa shape index (κ2) is 7.44. The van der Waals surface area contributed by atoms with E-state index in [4.69, 9.17) is 16.6 Å². The van der Waals surface area contributed by atoms with Crippen LogP contribution >= 0.6 is 11.6 Å². The summed E-state index contributed by atoms with van der Waals surface area (Å²) in [5, 5.41) is 4.27. The molecule has 0 saturated carbocycles. The topological polar surface area (TPSA) is 51.2 Å². The van der Waals surface area contributed by atoms with E-state index >= 15 is 0 Å². The number of urea groups is 1. The number of amidine groups is 1. The highest BCUT2D eigenvalue weighted by Crippen LogP contribution is 2.34. The van der Waals surface area contributed by atoms with Crippen molar-refractivity contribution in [2.75, 3.05) is 44.7 Å². The van der Waals surface area contributed by atoms with Gasteiger partial charge in [-0.3, -0.25) is 19.7 Å². The van der Waals surface area contributed by atoms with Crippen LogP contribution in [0.3, 0.4) is 0 Å². The minimum atomic E-state index is -0.00521. The average molecular weight is 410 g/mol. The number of piperazine rings is 1. The number of hydrogen-bond acceptors (Lipinski definition) is 4. The molecule has 0 bridgehead atoms. The molecule has 3 aliphatic rings. The maximum Gasteiger partial charge on any atom is 0.330 e. The van der Waals surface area contributed by atoms with Crippen molar-refractivity contribution in [1.82, 2.24) is 15.1 Å². The number of carbonyl (C=O) groups is 1. The monoisotopic (exact) mass is 409 g/mol. The lowest BCUT2D eigenvalue weighted by atomic mass is 10.0. The van der Waals surface area contributed by atoms with Crippen LogP contribution in [0.15, 0.2) is 53.5 Å². The summed E-state index contributed by atoms with van der Waals surface area (Å²) in [5.74, 6) is 0.804. The molecule has 2 atom stereocenters. The summed E-state index contributed by atoms with van der Waals surface area (Å²) in [6, 6.07) is 16.2. The van der Waals surface area contributed by atoms with Gasteiger partial charge in [-0.1, -0.05) is 41.9 Å². The third kappa shape index (κ3) is 3.12. The Labute approximate surface area is 175 Å². The molecule has 5 rings (SSSR count). The lowest BCUT2D eigenvalue weighted by Crippen LogP contribution is -2.57. The first-order valence-corrected chi connectivity index (χ1v) is 10.4. The SMILES string of the molecule is CN1C(=O)N2C(=NCC2CN2CCNCC2c2ccccc2Cl)c2ccccc21. The van der Waals surface area contributed by atoms with Gasteiger partial charge < -0.3 is 5.32 Å². The van der Waals surface area contributed by atoms with Gasteiger partial charge in [0.15, 0.2) is 0 Å². The van der Waals surface area contributed by atoms with E-state index in [0.717, 1.165) is 53.9 Å². The molecule has 0 aromatic heterocycles. The first-order valence-electron chi connectivity index (χ1n) is 10.0. The van der Waals surface area contributed by atoms with Crippen LogP contribution in [-0.2, 0) is 0 Å². The Morgan fingerprint density at radius 2 is 1.97 bits per heavy atom. The van der Waals surface area contributed by atoms with Crippen molar-refractivity contribution in [3.8, 4) is 0 Å². The first-order chi connectivity index (χ1) is 14.1. The fourth-order valence-electron chi connectivity index (χ4n) is 4.63. The molecular weight excluding hydrogens is 386 g/mol. The molecule has 1 N–H and O–H groups in total. The zero-order valence-electron chi connectivity index (χ0n) is 16.4. The summed E-state index contributed by atoms with van der Waals surface area (Å²) in [6.45, 7) is 4.09. The number of benzene rings is 2. The first kappa shape index (κ1) is 18.6. The fourth-order valence-corrected chi connectivity index (χ4v) is 4.89. The number of hydrogen-bond donors (Lipinski definition) is 1. The number of para-hydroxylation sites is 1. The maximum absolute atomic E-state index is 13.1.